The third kappa shape index (κ3) is 3.32. The molecule has 0 aliphatic carbocycles. The standard InChI is InChI=1S/C14H15F3N2O3/c1-3-11(20)18-9-4-5-19(7-9)13(21)10-6-8(2)22-12(10)14(15,16)17/h3,6,9H,1,4-5,7H2,2H3,(H,18,20)/t9-/m0/s1. The third-order valence-corrected chi connectivity index (χ3v) is 3.35. The Morgan fingerprint density at radius 2 is 2.18 bits per heavy atom. The van der Waals surface area contributed by atoms with Crippen molar-refractivity contribution in [2.24, 2.45) is 0 Å². The summed E-state index contributed by atoms with van der Waals surface area (Å²) < 4.78 is 43.2. The summed E-state index contributed by atoms with van der Waals surface area (Å²) in [5.41, 5.74) is -0.499. The maximum Gasteiger partial charge on any atom is 0.450 e. The largest absolute Gasteiger partial charge is 0.456 e. The van der Waals surface area contributed by atoms with Crippen molar-refractivity contribution in [2.45, 2.75) is 25.6 Å². The summed E-state index contributed by atoms with van der Waals surface area (Å²) in [6.45, 7) is 5.09. The summed E-state index contributed by atoms with van der Waals surface area (Å²) >= 11 is 0. The molecule has 0 unspecified atom stereocenters. The number of halogens is 3. The van der Waals surface area contributed by atoms with Gasteiger partial charge in [-0.1, -0.05) is 6.58 Å². The predicted molar refractivity (Wildman–Crippen MR) is 71.1 cm³/mol. The Hall–Kier alpha value is -2.25. The van der Waals surface area contributed by atoms with Crippen LogP contribution in [0.5, 0.6) is 0 Å². The molecule has 120 valence electrons. The van der Waals surface area contributed by atoms with Gasteiger partial charge in [0.25, 0.3) is 5.91 Å². The molecule has 2 amide bonds. The minimum absolute atomic E-state index is 0.0198. The van der Waals surface area contributed by atoms with Crippen LogP contribution in [0.15, 0.2) is 23.1 Å². The van der Waals surface area contributed by atoms with E-state index in [0.717, 1.165) is 12.1 Å². The molecule has 1 aliphatic heterocycles. The lowest BCUT2D eigenvalue weighted by Crippen LogP contribution is -2.37. The zero-order chi connectivity index (χ0) is 16.5. The van der Waals surface area contributed by atoms with Crippen LogP contribution in [-0.4, -0.2) is 35.8 Å². The van der Waals surface area contributed by atoms with E-state index < -0.39 is 23.4 Å². The van der Waals surface area contributed by atoms with E-state index in [0.29, 0.717) is 6.42 Å². The SMILES string of the molecule is C=CC(=O)N[C@H]1CCN(C(=O)c2cc(C)oc2C(F)(F)F)C1. The summed E-state index contributed by atoms with van der Waals surface area (Å²) in [4.78, 5) is 24.7. The number of nitrogens with one attached hydrogen (secondary N) is 1. The molecule has 0 radical (unpaired) electrons. The lowest BCUT2D eigenvalue weighted by molar-refractivity contribution is -0.153. The highest BCUT2D eigenvalue weighted by molar-refractivity contribution is 5.96. The van der Waals surface area contributed by atoms with Crippen LogP contribution in [0.3, 0.4) is 0 Å². The molecular weight excluding hydrogens is 301 g/mol. The molecule has 1 atom stereocenters. The molecule has 0 saturated carbocycles. The molecule has 0 bridgehead atoms. The van der Waals surface area contributed by atoms with Gasteiger partial charge in [-0.25, -0.2) is 0 Å². The van der Waals surface area contributed by atoms with Gasteiger partial charge in [0.2, 0.25) is 11.7 Å². The summed E-state index contributed by atoms with van der Waals surface area (Å²) in [6, 6.07) is 0.789. The highest BCUT2D eigenvalue weighted by atomic mass is 19.4. The van der Waals surface area contributed by atoms with Crippen molar-refractivity contribution in [1.29, 1.82) is 0 Å². The van der Waals surface area contributed by atoms with Crippen molar-refractivity contribution >= 4 is 11.8 Å². The fourth-order valence-corrected chi connectivity index (χ4v) is 2.38. The van der Waals surface area contributed by atoms with E-state index >= 15 is 0 Å². The molecule has 1 aromatic heterocycles. The van der Waals surface area contributed by atoms with Gasteiger partial charge in [-0.3, -0.25) is 9.59 Å². The molecule has 1 aliphatic rings. The van der Waals surface area contributed by atoms with Crippen LogP contribution in [0.25, 0.3) is 0 Å². The topological polar surface area (TPSA) is 62.6 Å². The Kier molecular flexibility index (Phi) is 4.30. The average molecular weight is 316 g/mol. The minimum atomic E-state index is -4.73. The first kappa shape index (κ1) is 16.1. The van der Waals surface area contributed by atoms with Crippen molar-refractivity contribution in [1.82, 2.24) is 10.2 Å². The van der Waals surface area contributed by atoms with E-state index in [2.05, 4.69) is 16.3 Å². The van der Waals surface area contributed by atoms with Gasteiger partial charge in [-0.15, -0.1) is 0 Å². The molecule has 0 aromatic carbocycles. The van der Waals surface area contributed by atoms with Crippen molar-refractivity contribution in [2.75, 3.05) is 13.1 Å². The number of rotatable bonds is 3. The normalized spacial score (nSPS) is 18.4. The van der Waals surface area contributed by atoms with Gasteiger partial charge in [-0.05, 0) is 25.5 Å². The first-order chi connectivity index (χ1) is 10.2. The molecule has 1 N–H and O–H groups in total. The number of hydrogen-bond acceptors (Lipinski definition) is 3. The van der Waals surface area contributed by atoms with E-state index in [1.807, 2.05) is 0 Å². The number of carbonyl (C=O) groups is 2. The Bertz CT molecular complexity index is 607. The Labute approximate surface area is 124 Å². The molecule has 2 heterocycles. The van der Waals surface area contributed by atoms with Crippen molar-refractivity contribution in [3.05, 3.63) is 35.8 Å². The van der Waals surface area contributed by atoms with Crippen molar-refractivity contribution in [3.63, 3.8) is 0 Å². The Balaban J connectivity index is 2.13. The van der Waals surface area contributed by atoms with Gasteiger partial charge in [0, 0.05) is 19.1 Å². The highest BCUT2D eigenvalue weighted by Crippen LogP contribution is 2.35. The van der Waals surface area contributed by atoms with Crippen LogP contribution >= 0.6 is 0 Å². The Morgan fingerprint density at radius 3 is 2.77 bits per heavy atom. The van der Waals surface area contributed by atoms with Gasteiger partial charge >= 0.3 is 6.18 Å². The number of hydrogen-bond donors (Lipinski definition) is 1. The summed E-state index contributed by atoms with van der Waals surface area (Å²) in [7, 11) is 0. The molecule has 22 heavy (non-hydrogen) atoms. The first-order valence-corrected chi connectivity index (χ1v) is 6.62. The first-order valence-electron chi connectivity index (χ1n) is 6.62. The maximum absolute atomic E-state index is 12.9. The smallest absolute Gasteiger partial charge is 0.450 e. The van der Waals surface area contributed by atoms with Gasteiger partial charge in [0.05, 0.1) is 5.56 Å². The third-order valence-electron chi connectivity index (χ3n) is 3.35. The molecule has 8 heteroatoms. The van der Waals surface area contributed by atoms with Gasteiger partial charge < -0.3 is 14.6 Å². The quantitative estimate of drug-likeness (QED) is 0.869. The Morgan fingerprint density at radius 1 is 1.50 bits per heavy atom. The van der Waals surface area contributed by atoms with E-state index in [-0.39, 0.29) is 30.8 Å². The molecule has 1 saturated heterocycles. The number of nitrogens with zero attached hydrogens (tertiary/aromatic N) is 1. The van der Waals surface area contributed by atoms with Crippen molar-refractivity contribution in [3.8, 4) is 0 Å². The monoisotopic (exact) mass is 316 g/mol. The van der Waals surface area contributed by atoms with Gasteiger partial charge in [-0.2, -0.15) is 13.2 Å². The minimum Gasteiger partial charge on any atom is -0.456 e. The average Bonchev–Trinajstić information content (AvgIpc) is 3.04. The van der Waals surface area contributed by atoms with Gasteiger partial charge in [0.15, 0.2) is 0 Å². The molecule has 1 fully saturated rings. The molecule has 2 rings (SSSR count). The zero-order valence-corrected chi connectivity index (χ0v) is 11.9. The number of furan rings is 1. The van der Waals surface area contributed by atoms with Crippen LogP contribution in [0.2, 0.25) is 0 Å². The highest BCUT2D eigenvalue weighted by Gasteiger charge is 2.41. The number of alkyl halides is 3. The number of amides is 2. The van der Waals surface area contributed by atoms with Crippen LogP contribution in [0, 0.1) is 6.92 Å². The van der Waals surface area contributed by atoms with Crippen LogP contribution in [-0.2, 0) is 11.0 Å². The fourth-order valence-electron chi connectivity index (χ4n) is 2.38. The summed E-state index contributed by atoms with van der Waals surface area (Å²) in [5.74, 6) is -2.39. The molecule has 5 nitrogen and oxygen atoms in total. The lowest BCUT2D eigenvalue weighted by Gasteiger charge is -2.17. The number of likely N-dealkylation sites (tertiary alicyclic amines) is 1. The fraction of sp³-hybridized carbons (Fsp3) is 0.429. The van der Waals surface area contributed by atoms with Crippen LogP contribution in [0.1, 0.15) is 28.3 Å². The van der Waals surface area contributed by atoms with Gasteiger partial charge in [0.1, 0.15) is 5.76 Å². The second-order valence-corrected chi connectivity index (χ2v) is 5.05. The lowest BCUT2D eigenvalue weighted by atomic mass is 10.2. The second-order valence-electron chi connectivity index (χ2n) is 5.05. The summed E-state index contributed by atoms with van der Waals surface area (Å²) in [6.07, 6.45) is -3.15. The molecule has 0 spiro atoms. The van der Waals surface area contributed by atoms with Crippen molar-refractivity contribution < 1.29 is 27.2 Å². The summed E-state index contributed by atoms with van der Waals surface area (Å²) in [5, 5.41) is 2.62. The maximum atomic E-state index is 12.9. The van der Waals surface area contributed by atoms with E-state index in [9.17, 15) is 22.8 Å². The zero-order valence-electron chi connectivity index (χ0n) is 11.9. The predicted octanol–water partition coefficient (Wildman–Crippen LogP) is 2.12. The van der Waals surface area contributed by atoms with E-state index in [1.54, 1.807) is 0 Å². The molecule has 1 aromatic rings. The van der Waals surface area contributed by atoms with E-state index in [1.165, 1.54) is 11.8 Å². The van der Waals surface area contributed by atoms with Crippen LogP contribution in [0.4, 0.5) is 13.2 Å². The second kappa shape index (κ2) is 5.86. The molecular formula is C14H15F3N2O3. The van der Waals surface area contributed by atoms with Crippen LogP contribution < -0.4 is 5.32 Å². The number of carbonyl (C=O) groups excluding carboxylic acids is 2. The van der Waals surface area contributed by atoms with E-state index in [4.69, 9.17) is 0 Å². The number of aryl methyl sites for hydroxylation is 1.